The minimum absolute atomic E-state index is 0.103. The largest absolute Gasteiger partial charge is 0.462 e. The molecular formula is C59H100O6. The van der Waals surface area contributed by atoms with Crippen molar-refractivity contribution in [1.82, 2.24) is 0 Å². The monoisotopic (exact) mass is 905 g/mol. The number of rotatable bonds is 48. The highest BCUT2D eigenvalue weighted by molar-refractivity contribution is 5.71. The number of ether oxygens (including phenoxy) is 3. The second kappa shape index (κ2) is 53.2. The molecule has 0 fully saturated rings. The van der Waals surface area contributed by atoms with Gasteiger partial charge in [-0.05, 0) is 89.9 Å². The van der Waals surface area contributed by atoms with Gasteiger partial charge in [0.15, 0.2) is 6.10 Å². The molecule has 0 aliphatic rings. The van der Waals surface area contributed by atoms with Crippen molar-refractivity contribution in [2.45, 2.75) is 258 Å². The molecule has 0 rings (SSSR count). The van der Waals surface area contributed by atoms with E-state index in [4.69, 9.17) is 14.2 Å². The van der Waals surface area contributed by atoms with E-state index in [2.05, 4.69) is 106 Å². The smallest absolute Gasteiger partial charge is 0.306 e. The van der Waals surface area contributed by atoms with Crippen molar-refractivity contribution in [1.29, 1.82) is 0 Å². The van der Waals surface area contributed by atoms with Crippen molar-refractivity contribution in [3.05, 3.63) is 85.1 Å². The van der Waals surface area contributed by atoms with E-state index in [0.717, 1.165) is 96.3 Å². The van der Waals surface area contributed by atoms with Crippen LogP contribution in [0.2, 0.25) is 0 Å². The van der Waals surface area contributed by atoms with Crippen LogP contribution in [-0.2, 0) is 28.6 Å². The minimum Gasteiger partial charge on any atom is -0.462 e. The van der Waals surface area contributed by atoms with Gasteiger partial charge in [0.1, 0.15) is 13.2 Å². The van der Waals surface area contributed by atoms with E-state index in [9.17, 15) is 14.4 Å². The standard InChI is InChI=1S/C59H100O6/c1-4-7-10-13-16-19-22-25-28-31-34-37-40-43-46-49-52-58(61)64-55-56(54-63-57(60)51-48-45-42-39-36-33-30-27-24-21-18-15-12-9-6-3)65-59(62)53-50-47-44-41-38-35-32-29-26-23-20-17-14-11-8-5-2/h9,12,15,18,21,24,28-29,31-32,34-35,37-38,56H,4-8,10-11,13-14,16-17,19-20,22-23,25-27,30,33,36,39-55H2,1-3H3/b12-9-,18-15-,24-21-,31-28-,32-29-,37-34-,38-35-. The Balaban J connectivity index is 4.49. The lowest BCUT2D eigenvalue weighted by Gasteiger charge is -2.18. The van der Waals surface area contributed by atoms with Gasteiger partial charge in [-0.2, -0.15) is 0 Å². The molecule has 0 aliphatic heterocycles. The molecule has 0 bridgehead atoms. The molecular weight excluding hydrogens is 805 g/mol. The number of hydrogen-bond donors (Lipinski definition) is 0. The van der Waals surface area contributed by atoms with Gasteiger partial charge in [0.25, 0.3) is 0 Å². The Morgan fingerprint density at radius 1 is 0.323 bits per heavy atom. The maximum Gasteiger partial charge on any atom is 0.306 e. The number of unbranched alkanes of at least 4 members (excludes halogenated alkanes) is 27. The summed E-state index contributed by atoms with van der Waals surface area (Å²) in [6.45, 7) is 6.45. The Labute approximate surface area is 401 Å². The molecule has 0 spiro atoms. The van der Waals surface area contributed by atoms with Crippen LogP contribution in [0, 0.1) is 0 Å². The third-order valence-corrected chi connectivity index (χ3v) is 11.5. The number of carbonyl (C=O) groups is 3. The lowest BCUT2D eigenvalue weighted by atomic mass is 10.1. The van der Waals surface area contributed by atoms with Crippen molar-refractivity contribution in [2.75, 3.05) is 13.2 Å². The highest BCUT2D eigenvalue weighted by Crippen LogP contribution is 2.14. The summed E-state index contributed by atoms with van der Waals surface area (Å²) < 4.78 is 16.8. The highest BCUT2D eigenvalue weighted by Gasteiger charge is 2.19. The van der Waals surface area contributed by atoms with Crippen LogP contribution in [0.15, 0.2) is 85.1 Å². The Bertz CT molecular complexity index is 1270. The summed E-state index contributed by atoms with van der Waals surface area (Å²) in [6, 6.07) is 0. The SMILES string of the molecule is CC\C=C/C=C\C=C/CCCCCCCCCC(=O)OCC(COC(=O)CCCCC/C=C\C=C/CCCCCCCCC)OC(=O)CCCCC/C=C\C=C/CCCCCCCCC. The fourth-order valence-corrected chi connectivity index (χ4v) is 7.36. The van der Waals surface area contributed by atoms with Gasteiger partial charge >= 0.3 is 17.9 Å². The molecule has 0 aromatic rings. The molecule has 0 radical (unpaired) electrons. The summed E-state index contributed by atoms with van der Waals surface area (Å²) >= 11 is 0. The lowest BCUT2D eigenvalue weighted by molar-refractivity contribution is -0.167. The van der Waals surface area contributed by atoms with Crippen molar-refractivity contribution < 1.29 is 28.6 Å². The number of hydrogen-bond acceptors (Lipinski definition) is 6. The molecule has 0 aromatic carbocycles. The van der Waals surface area contributed by atoms with Crippen molar-refractivity contribution >= 4 is 17.9 Å². The van der Waals surface area contributed by atoms with E-state index in [1.807, 2.05) is 0 Å². The Kier molecular flexibility index (Phi) is 50.4. The van der Waals surface area contributed by atoms with Gasteiger partial charge in [0.2, 0.25) is 0 Å². The van der Waals surface area contributed by atoms with Crippen LogP contribution in [-0.4, -0.2) is 37.2 Å². The number of esters is 3. The zero-order valence-electron chi connectivity index (χ0n) is 42.5. The number of allylic oxidation sites excluding steroid dienone is 14. The second-order valence-corrected chi connectivity index (χ2v) is 17.9. The van der Waals surface area contributed by atoms with Crippen molar-refractivity contribution in [2.24, 2.45) is 0 Å². The normalized spacial score (nSPS) is 12.7. The summed E-state index contributed by atoms with van der Waals surface area (Å²) in [5.41, 5.74) is 0. The first kappa shape index (κ1) is 61.6. The summed E-state index contributed by atoms with van der Waals surface area (Å²) in [5, 5.41) is 0. The van der Waals surface area contributed by atoms with Gasteiger partial charge in [-0.1, -0.05) is 228 Å². The van der Waals surface area contributed by atoms with E-state index in [0.29, 0.717) is 12.8 Å². The summed E-state index contributed by atoms with van der Waals surface area (Å²) in [4.78, 5) is 38.0. The van der Waals surface area contributed by atoms with Gasteiger partial charge in [0.05, 0.1) is 0 Å². The zero-order chi connectivity index (χ0) is 47.2. The van der Waals surface area contributed by atoms with E-state index >= 15 is 0 Å². The van der Waals surface area contributed by atoms with Gasteiger partial charge in [-0.3, -0.25) is 14.4 Å². The molecule has 0 saturated carbocycles. The second-order valence-electron chi connectivity index (χ2n) is 17.9. The van der Waals surface area contributed by atoms with Crippen LogP contribution in [0.5, 0.6) is 0 Å². The zero-order valence-corrected chi connectivity index (χ0v) is 42.5. The van der Waals surface area contributed by atoms with Gasteiger partial charge in [-0.15, -0.1) is 0 Å². The molecule has 0 aromatic heterocycles. The first-order valence-corrected chi connectivity index (χ1v) is 27.2. The van der Waals surface area contributed by atoms with Crippen LogP contribution < -0.4 is 0 Å². The first-order valence-electron chi connectivity index (χ1n) is 27.2. The molecule has 372 valence electrons. The molecule has 0 aliphatic carbocycles. The van der Waals surface area contributed by atoms with Crippen LogP contribution in [0.1, 0.15) is 252 Å². The topological polar surface area (TPSA) is 78.9 Å². The van der Waals surface area contributed by atoms with Crippen LogP contribution in [0.25, 0.3) is 0 Å². The van der Waals surface area contributed by atoms with Crippen LogP contribution in [0.4, 0.5) is 0 Å². The van der Waals surface area contributed by atoms with Crippen LogP contribution >= 0.6 is 0 Å². The minimum atomic E-state index is -0.807. The molecule has 6 heteroatoms. The maximum atomic E-state index is 12.8. The molecule has 6 nitrogen and oxygen atoms in total. The van der Waals surface area contributed by atoms with Gasteiger partial charge < -0.3 is 14.2 Å². The third kappa shape index (κ3) is 51.4. The van der Waals surface area contributed by atoms with Gasteiger partial charge in [-0.25, -0.2) is 0 Å². The molecule has 0 heterocycles. The third-order valence-electron chi connectivity index (χ3n) is 11.5. The fraction of sp³-hybridized carbons (Fsp3) is 0.712. The summed E-state index contributed by atoms with van der Waals surface area (Å²) in [7, 11) is 0. The van der Waals surface area contributed by atoms with E-state index < -0.39 is 6.10 Å². The van der Waals surface area contributed by atoms with Gasteiger partial charge in [0, 0.05) is 19.3 Å². The van der Waals surface area contributed by atoms with E-state index in [1.54, 1.807) is 0 Å². The fourth-order valence-electron chi connectivity index (χ4n) is 7.36. The maximum absolute atomic E-state index is 12.8. The summed E-state index contributed by atoms with van der Waals surface area (Å²) in [6.07, 6.45) is 68.5. The average Bonchev–Trinajstić information content (AvgIpc) is 3.30. The van der Waals surface area contributed by atoms with Crippen molar-refractivity contribution in [3.8, 4) is 0 Å². The molecule has 1 unspecified atom stereocenters. The molecule has 65 heavy (non-hydrogen) atoms. The Morgan fingerprint density at radius 3 is 0.954 bits per heavy atom. The molecule has 0 N–H and O–H groups in total. The highest BCUT2D eigenvalue weighted by atomic mass is 16.6. The van der Waals surface area contributed by atoms with E-state index in [1.165, 1.54) is 116 Å². The molecule has 0 amide bonds. The Hall–Kier alpha value is -3.41. The molecule has 1 atom stereocenters. The predicted molar refractivity (Wildman–Crippen MR) is 279 cm³/mol. The Morgan fingerprint density at radius 2 is 0.600 bits per heavy atom. The predicted octanol–water partition coefficient (Wildman–Crippen LogP) is 18.0. The van der Waals surface area contributed by atoms with Crippen LogP contribution in [0.3, 0.4) is 0 Å². The van der Waals surface area contributed by atoms with E-state index in [-0.39, 0.29) is 37.5 Å². The average molecular weight is 905 g/mol. The molecule has 0 saturated heterocycles. The van der Waals surface area contributed by atoms with Crippen molar-refractivity contribution in [3.63, 3.8) is 0 Å². The lowest BCUT2D eigenvalue weighted by Crippen LogP contribution is -2.30. The quantitative estimate of drug-likeness (QED) is 0.0262. The first-order chi connectivity index (χ1) is 32.0. The number of carbonyl (C=O) groups excluding carboxylic acids is 3. The summed E-state index contributed by atoms with van der Waals surface area (Å²) in [5.74, 6) is -0.966.